The van der Waals surface area contributed by atoms with Crippen molar-refractivity contribution < 1.29 is 45.6 Å². The third-order valence-electron chi connectivity index (χ3n) is 9.52. The zero-order valence-corrected chi connectivity index (χ0v) is 47.2. The second-order valence-electron chi connectivity index (χ2n) is 13.5. The predicted molar refractivity (Wildman–Crippen MR) is 302 cm³/mol. The van der Waals surface area contributed by atoms with Crippen molar-refractivity contribution in [2.24, 2.45) is 0 Å². The van der Waals surface area contributed by atoms with Crippen LogP contribution in [0.15, 0.2) is 206 Å². The van der Waals surface area contributed by atoms with E-state index in [1.54, 1.807) is 17.3 Å². The molecule has 67 heavy (non-hydrogen) atoms. The molecule has 5 nitrogen and oxygen atoms in total. The van der Waals surface area contributed by atoms with Crippen molar-refractivity contribution >= 4 is 97.0 Å². The minimum atomic E-state index is -0.635. The molecular weight excluding hydrogens is 1100 g/mol. The van der Waals surface area contributed by atoms with Crippen LogP contribution in [-0.4, -0.2) is 65.1 Å². The van der Waals surface area contributed by atoms with Crippen LogP contribution in [0.4, 0.5) is 0 Å². The van der Waals surface area contributed by atoms with Crippen LogP contribution >= 0.6 is 43.1 Å². The van der Waals surface area contributed by atoms with E-state index in [4.69, 9.17) is 9.59 Å². The summed E-state index contributed by atoms with van der Waals surface area (Å²) in [5.41, 5.74) is 1.10. The number of nitrogens with one attached hydrogen (secondary N) is 2. The van der Waals surface area contributed by atoms with Crippen LogP contribution in [0, 0.1) is 0 Å². The fourth-order valence-electron chi connectivity index (χ4n) is 6.59. The minimum Gasteiger partial charge on any atom is 0 e. The van der Waals surface area contributed by atoms with Crippen LogP contribution in [0.5, 0.6) is 0 Å². The van der Waals surface area contributed by atoms with Crippen molar-refractivity contribution in [1.82, 2.24) is 15.6 Å². The number of hydrogen-bond acceptors (Lipinski definition) is 5. The number of halogens is 2. The molecule has 0 aliphatic heterocycles. The Kier molecular flexibility index (Phi) is 47.2. The van der Waals surface area contributed by atoms with Crippen molar-refractivity contribution in [3.05, 3.63) is 212 Å². The van der Waals surface area contributed by atoms with Gasteiger partial charge in [-0.1, -0.05) is 129 Å². The quantitative estimate of drug-likeness (QED) is 0.0352. The van der Waals surface area contributed by atoms with Gasteiger partial charge in [-0.3, -0.25) is 18.6 Å². The zero-order valence-electron chi connectivity index (χ0n) is 39.1. The first-order valence-electron chi connectivity index (χ1n) is 21.6. The van der Waals surface area contributed by atoms with E-state index in [-0.39, 0.29) is 9.84 Å². The molecule has 0 aliphatic carbocycles. The molecule has 13 heteroatoms. The van der Waals surface area contributed by atoms with Gasteiger partial charge in [-0.05, 0) is 112 Å². The molecule has 0 saturated carbocycles. The maximum absolute atomic E-state index is 7.75. The maximum atomic E-state index is 7.75. The number of carbonyl (C=O) groups excluding carboxylic acids is 2. The fourth-order valence-corrected chi connectivity index (χ4v) is 13.8. The topological polar surface area (TPSA) is 71.1 Å². The van der Waals surface area contributed by atoms with Gasteiger partial charge in [0.2, 0.25) is 0 Å². The molecule has 1 aromatic heterocycles. The first kappa shape index (κ1) is 66.0. The summed E-state index contributed by atoms with van der Waals surface area (Å²) in [7, 11) is 7.46. The Balaban J connectivity index is -0.000000791. The van der Waals surface area contributed by atoms with Gasteiger partial charge in [-0.2, -0.15) is 0 Å². The Labute approximate surface area is 439 Å². The van der Waals surface area contributed by atoms with Gasteiger partial charge in [0.1, 0.15) is 0 Å². The summed E-state index contributed by atoms with van der Waals surface area (Å²) >= 11 is 3.44. The van der Waals surface area contributed by atoms with E-state index in [0.717, 1.165) is 31.9 Å². The number of benzene rings is 6. The van der Waals surface area contributed by atoms with Gasteiger partial charge in [0.25, 0.3) is 0 Å². The molecular formula is C54H70BCl2N3O2P3Ru2+5. The molecule has 0 saturated heterocycles. The molecule has 0 amide bonds. The molecule has 7 aromatic rings. The summed E-state index contributed by atoms with van der Waals surface area (Å²) < 4.78 is 0. The number of aromatic nitrogens is 1. The van der Waals surface area contributed by atoms with Gasteiger partial charge in [0.15, 0.2) is 0 Å². The SMILES string of the molecule is CCNCC[PH+](c1ccccc1)c1ccccc1.CCNCc1ccccn1.CC[PH+](c1ccccc1)c1ccccc1.CC[PH+](c1ccccc1)c1ccccc1.[B].[CH-]=O.[CH-]=O.[Cl][Ru+2].[Cl][RuH+2].[HH]. The van der Waals surface area contributed by atoms with Crippen LogP contribution in [0.3, 0.4) is 0 Å². The van der Waals surface area contributed by atoms with E-state index in [1.165, 1.54) is 50.3 Å². The molecule has 0 aliphatic rings. The third-order valence-corrected chi connectivity index (χ3v) is 17.9. The van der Waals surface area contributed by atoms with Crippen LogP contribution < -0.4 is 42.5 Å². The van der Waals surface area contributed by atoms with Gasteiger partial charge < -0.3 is 20.2 Å². The van der Waals surface area contributed by atoms with Gasteiger partial charge in [0.05, 0.1) is 79.8 Å². The van der Waals surface area contributed by atoms with Gasteiger partial charge in [-0.25, -0.2) is 0 Å². The van der Waals surface area contributed by atoms with E-state index in [2.05, 4.69) is 258 Å². The number of nitrogens with zero attached hydrogens (tertiary/aromatic N) is 1. The molecule has 0 bridgehead atoms. The summed E-state index contributed by atoms with van der Waals surface area (Å²) in [5.74, 6) is 0. The molecule has 0 spiro atoms. The van der Waals surface area contributed by atoms with Crippen LogP contribution in [0.2, 0.25) is 0 Å². The normalized spacial score (nSPS) is 9.34. The van der Waals surface area contributed by atoms with Gasteiger partial charge in [-0.15, -0.1) is 0 Å². The summed E-state index contributed by atoms with van der Waals surface area (Å²) in [6.07, 6.45) is 5.55. The van der Waals surface area contributed by atoms with Crippen LogP contribution in [0.25, 0.3) is 0 Å². The van der Waals surface area contributed by atoms with Crippen molar-refractivity contribution in [2.45, 2.75) is 34.2 Å². The summed E-state index contributed by atoms with van der Waals surface area (Å²) in [6.45, 7) is 19.4. The number of pyridine rings is 1. The van der Waals surface area contributed by atoms with E-state index < -0.39 is 23.8 Å². The van der Waals surface area contributed by atoms with Crippen LogP contribution in [-0.2, 0) is 50.8 Å². The van der Waals surface area contributed by atoms with E-state index in [9.17, 15) is 0 Å². The van der Waals surface area contributed by atoms with E-state index in [1.807, 2.05) is 41.7 Å². The van der Waals surface area contributed by atoms with E-state index in [0.29, 0.717) is 0 Å². The summed E-state index contributed by atoms with van der Waals surface area (Å²) in [4.78, 5) is 19.7. The summed E-state index contributed by atoms with van der Waals surface area (Å²) in [6, 6.07) is 71.3. The largest absolute Gasteiger partial charge is 0 e. The number of rotatable bonds is 15. The molecule has 7 rings (SSSR count). The monoisotopic (exact) mass is 1170 g/mol. The Bertz CT molecular complexity index is 1870. The van der Waals surface area contributed by atoms with Crippen molar-refractivity contribution in [2.75, 3.05) is 38.1 Å². The zero-order chi connectivity index (χ0) is 48.9. The Morgan fingerprint density at radius 2 is 0.731 bits per heavy atom. The number of hydrogen-bond donors (Lipinski definition) is 2. The maximum Gasteiger partial charge on any atom is 0 e. The first-order chi connectivity index (χ1) is 32.7. The van der Waals surface area contributed by atoms with Crippen LogP contribution in [0.1, 0.15) is 34.8 Å². The van der Waals surface area contributed by atoms with Gasteiger partial charge >= 0.3 is 54.0 Å². The average molecular weight is 1170 g/mol. The summed E-state index contributed by atoms with van der Waals surface area (Å²) in [5, 5.41) is 15.7. The third kappa shape index (κ3) is 28.9. The van der Waals surface area contributed by atoms with Gasteiger partial charge in [0, 0.05) is 29.1 Å². The molecule has 0 unspecified atom stereocenters. The Morgan fingerprint density at radius 3 is 0.970 bits per heavy atom. The second-order valence-corrected chi connectivity index (χ2v) is 21.8. The van der Waals surface area contributed by atoms with E-state index >= 15 is 0 Å². The smallest absolute Gasteiger partial charge is 0 e. The molecule has 0 fully saturated rings. The molecule has 0 atom stereocenters. The molecule has 3 radical (unpaired) electrons. The Morgan fingerprint density at radius 1 is 0.463 bits per heavy atom. The fraction of sp³-hybridized carbons (Fsp3) is 0.204. The Hall–Kier alpha value is -3.09. The first-order valence-corrected chi connectivity index (χ1v) is 31.4. The molecule has 2 N–H and O–H groups in total. The standard InChI is InChI=1S/C16H20NP.2C14H15P.C8H12N2.2CHO.B.2ClH.2Ru.H2.H/c1-2-17-13-14-18(15-9-5-3-6-10-15)16-11-7-4-8-12-16;2*1-2-15(13-9-5-3-6-10-13)14-11-7-4-8-12-14;1-2-9-7-8-5-3-4-6-10-8;2*1-2;;;;;;;/h3-12,17H,2,13-14H2,1H3;2*3-12H,2H2,1H3;3-6,9H,2,7H2,1H3;2*1H;;2*1H;;;1H;/q;;;;2*-1;;;;2*+3;;/p+1. The molecule has 1 heterocycles. The van der Waals surface area contributed by atoms with Crippen molar-refractivity contribution in [3.8, 4) is 0 Å². The average Bonchev–Trinajstić information content (AvgIpc) is 3.42. The predicted octanol–water partition coefficient (Wildman–Crippen LogP) is 9.82. The molecule has 356 valence electrons. The molecule has 6 aromatic carbocycles. The minimum absolute atomic E-state index is 0. The second kappa shape index (κ2) is 48.0. The van der Waals surface area contributed by atoms with Crippen molar-refractivity contribution in [3.63, 3.8) is 0 Å². The van der Waals surface area contributed by atoms with Crippen molar-refractivity contribution in [1.29, 1.82) is 0 Å².